The molecule has 3 aromatic carbocycles. The predicted octanol–water partition coefficient (Wildman–Crippen LogP) is 3.24. The van der Waals surface area contributed by atoms with Crippen LogP contribution in [0.15, 0.2) is 88.7 Å². The first kappa shape index (κ1) is 22.3. The Bertz CT molecular complexity index is 1220. The van der Waals surface area contributed by atoms with Crippen molar-refractivity contribution in [2.24, 2.45) is 0 Å². The first-order chi connectivity index (χ1) is 14.7. The molecule has 1 N–H and O–H groups in total. The van der Waals surface area contributed by atoms with Crippen LogP contribution in [-0.2, 0) is 24.8 Å². The van der Waals surface area contributed by atoms with Crippen molar-refractivity contribution in [2.45, 2.75) is 16.7 Å². The zero-order valence-electron chi connectivity index (χ0n) is 16.7. The number of ether oxygens (including phenoxy) is 1. The number of amides is 1. The number of carbonyl (C=O) groups excluding carboxylic acids is 1. The first-order valence-corrected chi connectivity index (χ1v) is 11.9. The molecule has 0 aliphatic rings. The lowest BCUT2D eigenvalue weighted by Crippen LogP contribution is -2.37. The Balaban J connectivity index is 2.26. The number of nitrogens with zero attached hydrogens (tertiary/aromatic N) is 1. The van der Waals surface area contributed by atoms with Crippen LogP contribution in [0.1, 0.15) is 6.92 Å². The highest BCUT2D eigenvalue weighted by molar-refractivity contribution is 8.10. The van der Waals surface area contributed by atoms with E-state index in [2.05, 4.69) is 5.32 Å². The number of benzene rings is 3. The van der Waals surface area contributed by atoms with Crippen molar-refractivity contribution in [3.05, 3.63) is 78.9 Å². The van der Waals surface area contributed by atoms with E-state index in [1.807, 2.05) is 0 Å². The molecule has 0 fully saturated rings. The Hall–Kier alpha value is -3.37. The Morgan fingerprint density at radius 3 is 1.71 bits per heavy atom. The molecule has 0 aromatic heterocycles. The molecule has 0 spiro atoms. The molecule has 0 saturated carbocycles. The van der Waals surface area contributed by atoms with Crippen LogP contribution in [-0.4, -0.2) is 29.9 Å². The fourth-order valence-corrected chi connectivity index (χ4v) is 6.59. The van der Waals surface area contributed by atoms with Gasteiger partial charge in [-0.3, -0.25) is 4.79 Å². The lowest BCUT2D eigenvalue weighted by molar-refractivity contribution is -0.114. The molecule has 0 radical (unpaired) electrons. The van der Waals surface area contributed by atoms with E-state index in [1.165, 1.54) is 80.8 Å². The molecule has 0 aliphatic heterocycles. The summed E-state index contributed by atoms with van der Waals surface area (Å²) in [4.78, 5) is 11.0. The van der Waals surface area contributed by atoms with Gasteiger partial charge in [-0.2, -0.15) is 3.71 Å². The molecular formula is C21H20N2O6S2. The molecule has 1 amide bonds. The number of methoxy groups -OCH3 is 1. The molecular weight excluding hydrogens is 440 g/mol. The monoisotopic (exact) mass is 460 g/mol. The van der Waals surface area contributed by atoms with Crippen molar-refractivity contribution in [3.8, 4) is 5.75 Å². The van der Waals surface area contributed by atoms with Gasteiger partial charge in [0.05, 0.1) is 28.3 Å². The average molecular weight is 461 g/mol. The van der Waals surface area contributed by atoms with Gasteiger partial charge in [-0.05, 0) is 36.4 Å². The summed E-state index contributed by atoms with van der Waals surface area (Å²) in [6.07, 6.45) is 0. The third-order valence-electron chi connectivity index (χ3n) is 4.23. The third-order valence-corrected chi connectivity index (χ3v) is 8.43. The van der Waals surface area contributed by atoms with Crippen LogP contribution in [0, 0.1) is 0 Å². The zero-order valence-corrected chi connectivity index (χ0v) is 18.4. The van der Waals surface area contributed by atoms with Gasteiger partial charge in [0, 0.05) is 13.0 Å². The summed E-state index contributed by atoms with van der Waals surface area (Å²) in [6, 6.07) is 18.4. The van der Waals surface area contributed by atoms with Crippen molar-refractivity contribution in [1.29, 1.82) is 0 Å². The van der Waals surface area contributed by atoms with E-state index >= 15 is 0 Å². The van der Waals surface area contributed by atoms with Gasteiger partial charge in [0.15, 0.2) is 0 Å². The smallest absolute Gasteiger partial charge is 0.277 e. The van der Waals surface area contributed by atoms with Crippen LogP contribution in [0.4, 0.5) is 11.4 Å². The Morgan fingerprint density at radius 2 is 1.29 bits per heavy atom. The zero-order chi connectivity index (χ0) is 22.6. The fourth-order valence-electron chi connectivity index (χ4n) is 2.87. The number of carbonyl (C=O) groups is 1. The minimum atomic E-state index is -4.52. The molecule has 3 aromatic rings. The van der Waals surface area contributed by atoms with E-state index in [-0.39, 0.29) is 32.8 Å². The molecule has 0 atom stereocenters. The Kier molecular flexibility index (Phi) is 6.32. The number of rotatable bonds is 7. The van der Waals surface area contributed by atoms with Crippen LogP contribution in [0.5, 0.6) is 5.75 Å². The van der Waals surface area contributed by atoms with Crippen molar-refractivity contribution in [2.75, 3.05) is 16.1 Å². The van der Waals surface area contributed by atoms with Crippen molar-refractivity contribution >= 4 is 37.3 Å². The second-order valence-electron chi connectivity index (χ2n) is 6.40. The lowest BCUT2D eigenvalue weighted by Gasteiger charge is -2.25. The Labute approximate surface area is 181 Å². The summed E-state index contributed by atoms with van der Waals surface area (Å²) >= 11 is 0. The van der Waals surface area contributed by atoms with Gasteiger partial charge in [-0.15, -0.1) is 0 Å². The minimum absolute atomic E-state index is 0.101. The van der Waals surface area contributed by atoms with Gasteiger partial charge < -0.3 is 10.1 Å². The van der Waals surface area contributed by atoms with E-state index in [4.69, 9.17) is 4.74 Å². The number of hydrogen-bond acceptors (Lipinski definition) is 6. The predicted molar refractivity (Wildman–Crippen MR) is 117 cm³/mol. The van der Waals surface area contributed by atoms with E-state index in [9.17, 15) is 21.6 Å². The maximum Gasteiger partial charge on any atom is 0.277 e. The molecule has 3 rings (SSSR count). The topological polar surface area (TPSA) is 110 Å². The minimum Gasteiger partial charge on any atom is -0.494 e. The summed E-state index contributed by atoms with van der Waals surface area (Å²) in [5, 5.41) is 2.55. The number of hydrogen-bond donors (Lipinski definition) is 1. The summed E-state index contributed by atoms with van der Waals surface area (Å²) in [5.41, 5.74) is 0.103. The van der Waals surface area contributed by atoms with Crippen molar-refractivity contribution < 1.29 is 26.4 Å². The van der Waals surface area contributed by atoms with Crippen molar-refractivity contribution in [3.63, 3.8) is 0 Å². The highest BCUT2D eigenvalue weighted by Crippen LogP contribution is 2.36. The largest absolute Gasteiger partial charge is 0.494 e. The van der Waals surface area contributed by atoms with Crippen LogP contribution >= 0.6 is 0 Å². The molecule has 0 aliphatic carbocycles. The second kappa shape index (κ2) is 8.78. The lowest BCUT2D eigenvalue weighted by atomic mass is 10.2. The van der Waals surface area contributed by atoms with Gasteiger partial charge in [0.25, 0.3) is 20.0 Å². The first-order valence-electron chi connectivity index (χ1n) is 9.04. The van der Waals surface area contributed by atoms with Gasteiger partial charge in [-0.25, -0.2) is 16.8 Å². The van der Waals surface area contributed by atoms with E-state index in [0.717, 1.165) is 0 Å². The van der Waals surface area contributed by atoms with Gasteiger partial charge in [0.1, 0.15) is 5.75 Å². The molecule has 0 saturated heterocycles. The number of sulfonamides is 2. The van der Waals surface area contributed by atoms with Crippen LogP contribution in [0.2, 0.25) is 0 Å². The van der Waals surface area contributed by atoms with Crippen LogP contribution < -0.4 is 13.8 Å². The Morgan fingerprint density at radius 1 is 0.806 bits per heavy atom. The van der Waals surface area contributed by atoms with Gasteiger partial charge in [0.2, 0.25) is 5.91 Å². The number of nitrogens with one attached hydrogen (secondary N) is 1. The molecule has 0 unspecified atom stereocenters. The standard InChI is InChI=1S/C21H20N2O6S2/c1-16(24)22-20-14-13-17(15-21(20)29-2)23(30(25,26)18-9-5-3-6-10-18)31(27,28)19-11-7-4-8-12-19/h3-15H,1-2H3,(H,22,24). The molecule has 10 heteroatoms. The van der Waals surface area contributed by atoms with Gasteiger partial charge >= 0.3 is 0 Å². The van der Waals surface area contributed by atoms with Crippen LogP contribution in [0.3, 0.4) is 0 Å². The van der Waals surface area contributed by atoms with E-state index < -0.39 is 20.0 Å². The second-order valence-corrected chi connectivity index (χ2v) is 10.2. The summed E-state index contributed by atoms with van der Waals surface area (Å²) in [5.74, 6) is -0.263. The maximum absolute atomic E-state index is 13.5. The molecule has 162 valence electrons. The quantitative estimate of drug-likeness (QED) is 0.580. The number of anilines is 2. The third kappa shape index (κ3) is 4.54. The highest BCUT2D eigenvalue weighted by Gasteiger charge is 2.37. The summed E-state index contributed by atoms with van der Waals surface area (Å²) in [7, 11) is -7.71. The van der Waals surface area contributed by atoms with E-state index in [0.29, 0.717) is 3.71 Å². The normalized spacial score (nSPS) is 11.5. The average Bonchev–Trinajstić information content (AvgIpc) is 2.75. The SMILES string of the molecule is COc1cc(N(S(=O)(=O)c2ccccc2)S(=O)(=O)c2ccccc2)ccc1NC(C)=O. The van der Waals surface area contributed by atoms with Crippen molar-refractivity contribution in [1.82, 2.24) is 0 Å². The van der Waals surface area contributed by atoms with Gasteiger partial charge in [-0.1, -0.05) is 36.4 Å². The van der Waals surface area contributed by atoms with Crippen LogP contribution in [0.25, 0.3) is 0 Å². The van der Waals surface area contributed by atoms with E-state index in [1.54, 1.807) is 12.1 Å². The summed E-state index contributed by atoms with van der Waals surface area (Å²) < 4.78 is 59.4. The fraction of sp³-hybridized carbons (Fsp3) is 0.0952. The maximum atomic E-state index is 13.5. The molecule has 31 heavy (non-hydrogen) atoms. The summed E-state index contributed by atoms with van der Waals surface area (Å²) in [6.45, 7) is 1.30. The molecule has 8 nitrogen and oxygen atoms in total. The highest BCUT2D eigenvalue weighted by atomic mass is 32.3. The molecule has 0 bridgehead atoms. The molecule has 0 heterocycles.